The van der Waals surface area contributed by atoms with Crippen molar-refractivity contribution in [3.63, 3.8) is 0 Å². The number of alkyl halides is 3. The van der Waals surface area contributed by atoms with Crippen molar-refractivity contribution in [3.8, 4) is 0 Å². The average Bonchev–Trinajstić information content (AvgIpc) is 2.93. The number of ether oxygens (including phenoxy) is 1. The monoisotopic (exact) mass is 334 g/mol. The summed E-state index contributed by atoms with van der Waals surface area (Å²) in [5.74, 6) is 0. The highest BCUT2D eigenvalue weighted by molar-refractivity contribution is 8.00. The Morgan fingerprint density at radius 2 is 2.14 bits per heavy atom. The third-order valence-corrected chi connectivity index (χ3v) is 4.05. The van der Waals surface area contributed by atoms with Gasteiger partial charge in [-0.25, -0.2) is 4.79 Å². The number of hydrogen-bond acceptors (Lipinski definition) is 3. The lowest BCUT2D eigenvalue weighted by molar-refractivity contribution is -0.0328. The Morgan fingerprint density at radius 1 is 1.41 bits per heavy atom. The lowest BCUT2D eigenvalue weighted by atomic mass is 10.1. The van der Waals surface area contributed by atoms with E-state index in [-0.39, 0.29) is 34.5 Å². The summed E-state index contributed by atoms with van der Waals surface area (Å²) in [6, 6.07) is 5.07. The molecule has 122 valence electrons. The van der Waals surface area contributed by atoms with Crippen molar-refractivity contribution in [2.24, 2.45) is 0 Å². The number of anilines is 1. The van der Waals surface area contributed by atoms with Crippen molar-refractivity contribution in [2.75, 3.05) is 11.9 Å². The van der Waals surface area contributed by atoms with E-state index >= 15 is 0 Å². The number of carbonyl (C=O) groups is 1. The minimum Gasteiger partial charge on any atom is -0.376 e. The van der Waals surface area contributed by atoms with Crippen LogP contribution in [0.2, 0.25) is 0 Å². The molecule has 0 aromatic heterocycles. The fraction of sp³-hybridized carbons (Fsp3) is 0.500. The number of rotatable bonds is 4. The third kappa shape index (κ3) is 5.10. The number of hydrogen-bond donors (Lipinski definition) is 2. The van der Waals surface area contributed by atoms with Crippen LogP contribution in [0.25, 0.3) is 0 Å². The number of halogens is 3. The summed E-state index contributed by atoms with van der Waals surface area (Å²) >= 11 is -0.254. The van der Waals surface area contributed by atoms with E-state index in [4.69, 9.17) is 4.74 Å². The van der Waals surface area contributed by atoms with E-state index in [2.05, 4.69) is 10.6 Å². The van der Waals surface area contributed by atoms with Gasteiger partial charge in [-0.3, -0.25) is 0 Å². The highest BCUT2D eigenvalue weighted by atomic mass is 32.2. The third-order valence-electron chi connectivity index (χ3n) is 3.24. The number of benzene rings is 1. The molecule has 22 heavy (non-hydrogen) atoms. The van der Waals surface area contributed by atoms with Gasteiger partial charge in [0.05, 0.1) is 17.8 Å². The highest BCUT2D eigenvalue weighted by Gasteiger charge is 2.30. The van der Waals surface area contributed by atoms with Crippen molar-refractivity contribution >= 4 is 23.5 Å². The number of urea groups is 1. The Bertz CT molecular complexity index is 519. The van der Waals surface area contributed by atoms with Crippen LogP contribution in [0.5, 0.6) is 0 Å². The molecule has 1 heterocycles. The topological polar surface area (TPSA) is 50.4 Å². The molecule has 0 saturated carbocycles. The molecular weight excluding hydrogens is 317 g/mol. The van der Waals surface area contributed by atoms with Crippen LogP contribution in [0.1, 0.15) is 19.8 Å². The summed E-state index contributed by atoms with van der Waals surface area (Å²) < 4.78 is 42.9. The van der Waals surface area contributed by atoms with E-state index in [1.54, 1.807) is 6.07 Å². The van der Waals surface area contributed by atoms with E-state index < -0.39 is 11.5 Å². The van der Waals surface area contributed by atoms with Gasteiger partial charge in [0.1, 0.15) is 0 Å². The van der Waals surface area contributed by atoms with Gasteiger partial charge in [-0.05, 0) is 43.7 Å². The molecule has 0 spiro atoms. The second-order valence-electron chi connectivity index (χ2n) is 4.98. The Morgan fingerprint density at radius 3 is 2.77 bits per heavy atom. The van der Waals surface area contributed by atoms with Crippen LogP contribution >= 0.6 is 11.8 Å². The molecule has 0 bridgehead atoms. The predicted octanol–water partition coefficient (Wildman–Crippen LogP) is 3.99. The first-order valence-electron chi connectivity index (χ1n) is 6.89. The predicted molar refractivity (Wildman–Crippen MR) is 78.9 cm³/mol. The summed E-state index contributed by atoms with van der Waals surface area (Å²) in [4.78, 5) is 11.9. The van der Waals surface area contributed by atoms with Crippen LogP contribution in [-0.2, 0) is 4.74 Å². The Kier molecular flexibility index (Phi) is 5.57. The largest absolute Gasteiger partial charge is 0.446 e. The quantitative estimate of drug-likeness (QED) is 0.819. The van der Waals surface area contributed by atoms with Crippen LogP contribution in [0, 0.1) is 0 Å². The highest BCUT2D eigenvalue weighted by Crippen LogP contribution is 2.40. The normalized spacial score (nSPS) is 19.7. The second-order valence-corrected chi connectivity index (χ2v) is 6.09. The zero-order valence-corrected chi connectivity index (χ0v) is 12.8. The van der Waals surface area contributed by atoms with Crippen molar-refractivity contribution < 1.29 is 22.7 Å². The second kappa shape index (κ2) is 7.23. The maximum Gasteiger partial charge on any atom is 0.446 e. The fourth-order valence-corrected chi connectivity index (χ4v) is 2.86. The maximum absolute atomic E-state index is 12.5. The van der Waals surface area contributed by atoms with E-state index in [0.717, 1.165) is 12.8 Å². The Balaban J connectivity index is 1.96. The summed E-state index contributed by atoms with van der Waals surface area (Å²) in [5, 5.41) is 5.16. The Labute approximate surface area is 130 Å². The molecule has 2 unspecified atom stereocenters. The van der Waals surface area contributed by atoms with Crippen molar-refractivity contribution in [1.82, 2.24) is 5.32 Å². The van der Waals surface area contributed by atoms with E-state index in [9.17, 15) is 18.0 Å². The fourth-order valence-electron chi connectivity index (χ4n) is 2.24. The van der Waals surface area contributed by atoms with Gasteiger partial charge in [0, 0.05) is 11.5 Å². The Hall–Kier alpha value is -1.41. The number of nitrogens with one attached hydrogen (secondary N) is 2. The van der Waals surface area contributed by atoms with Gasteiger partial charge in [0.2, 0.25) is 0 Å². The van der Waals surface area contributed by atoms with Crippen LogP contribution in [0.4, 0.5) is 23.7 Å². The summed E-state index contributed by atoms with van der Waals surface area (Å²) in [7, 11) is 0. The number of amides is 2. The van der Waals surface area contributed by atoms with Crippen LogP contribution in [0.3, 0.4) is 0 Å². The first-order chi connectivity index (χ1) is 10.3. The van der Waals surface area contributed by atoms with E-state index in [1.165, 1.54) is 18.2 Å². The van der Waals surface area contributed by atoms with Crippen LogP contribution in [-0.4, -0.2) is 30.3 Å². The number of carbonyl (C=O) groups excluding carboxylic acids is 1. The zero-order valence-electron chi connectivity index (χ0n) is 11.9. The van der Waals surface area contributed by atoms with Gasteiger partial charge in [0.15, 0.2) is 0 Å². The van der Waals surface area contributed by atoms with Gasteiger partial charge in [-0.1, -0.05) is 12.1 Å². The minimum absolute atomic E-state index is 0.0464. The van der Waals surface area contributed by atoms with Gasteiger partial charge in [-0.15, -0.1) is 0 Å². The molecule has 0 radical (unpaired) electrons. The maximum atomic E-state index is 12.5. The summed E-state index contributed by atoms with van der Waals surface area (Å²) in [6.45, 7) is 2.48. The lowest BCUT2D eigenvalue weighted by Crippen LogP contribution is -2.43. The molecule has 0 aliphatic carbocycles. The van der Waals surface area contributed by atoms with Crippen molar-refractivity contribution in [2.45, 2.75) is 42.3 Å². The molecular formula is C14H17F3N2O2S. The summed E-state index contributed by atoms with van der Waals surface area (Å²) in [5.41, 5.74) is -4.28. The summed E-state index contributed by atoms with van der Waals surface area (Å²) in [6.07, 6.45) is 1.76. The standard InChI is InChI=1S/C14H17F3N2O2S/c1-9(11-6-4-8-21-11)18-13(20)19-10-5-2-3-7-12(10)22-14(15,16)17/h2-3,5,7,9,11H,4,6,8H2,1H3,(H2,18,19,20). The zero-order chi connectivity index (χ0) is 16.2. The van der Waals surface area contributed by atoms with Crippen LogP contribution in [0.15, 0.2) is 29.2 Å². The molecule has 1 aromatic rings. The molecule has 2 rings (SSSR count). The molecule has 1 saturated heterocycles. The van der Waals surface area contributed by atoms with Crippen molar-refractivity contribution in [1.29, 1.82) is 0 Å². The van der Waals surface area contributed by atoms with E-state index in [1.807, 2.05) is 6.92 Å². The van der Waals surface area contributed by atoms with Gasteiger partial charge in [0.25, 0.3) is 0 Å². The molecule has 1 aromatic carbocycles. The smallest absolute Gasteiger partial charge is 0.376 e. The molecule has 2 N–H and O–H groups in total. The minimum atomic E-state index is -4.40. The molecule has 1 aliphatic rings. The SMILES string of the molecule is CC(NC(=O)Nc1ccccc1SC(F)(F)F)C1CCCO1. The first-order valence-corrected chi connectivity index (χ1v) is 7.71. The van der Waals surface area contributed by atoms with Crippen molar-refractivity contribution in [3.05, 3.63) is 24.3 Å². The first kappa shape index (κ1) is 17.0. The van der Waals surface area contributed by atoms with Gasteiger partial charge in [-0.2, -0.15) is 13.2 Å². The molecule has 2 amide bonds. The van der Waals surface area contributed by atoms with E-state index in [0.29, 0.717) is 6.61 Å². The molecule has 1 aliphatic heterocycles. The molecule has 8 heteroatoms. The van der Waals surface area contributed by atoms with Gasteiger partial charge >= 0.3 is 11.5 Å². The molecule has 2 atom stereocenters. The molecule has 4 nitrogen and oxygen atoms in total. The lowest BCUT2D eigenvalue weighted by Gasteiger charge is -2.20. The number of para-hydroxylation sites is 1. The van der Waals surface area contributed by atoms with Crippen LogP contribution < -0.4 is 10.6 Å². The average molecular weight is 334 g/mol. The number of thioether (sulfide) groups is 1. The molecule has 1 fully saturated rings. The van der Waals surface area contributed by atoms with Gasteiger partial charge < -0.3 is 15.4 Å².